The van der Waals surface area contributed by atoms with Crippen molar-refractivity contribution in [1.82, 2.24) is 15.1 Å². The summed E-state index contributed by atoms with van der Waals surface area (Å²) < 4.78 is 0. The summed E-state index contributed by atoms with van der Waals surface area (Å²) in [5.41, 5.74) is 1.73. The van der Waals surface area contributed by atoms with Gasteiger partial charge in [-0.2, -0.15) is 0 Å². The van der Waals surface area contributed by atoms with Gasteiger partial charge in [0.1, 0.15) is 0 Å². The smallest absolute Gasteiger partial charge is 0.317 e. The lowest BCUT2D eigenvalue weighted by molar-refractivity contribution is -0.116. The summed E-state index contributed by atoms with van der Waals surface area (Å²) in [6.07, 6.45) is 4.38. The molecule has 1 heterocycles. The Morgan fingerprint density at radius 2 is 2.08 bits per heavy atom. The number of carbonyl (C=O) groups is 2. The van der Waals surface area contributed by atoms with Crippen LogP contribution in [-0.2, 0) is 11.3 Å². The van der Waals surface area contributed by atoms with E-state index in [1.165, 1.54) is 6.42 Å². The van der Waals surface area contributed by atoms with Gasteiger partial charge in [-0.3, -0.25) is 4.79 Å². The van der Waals surface area contributed by atoms with E-state index in [-0.39, 0.29) is 11.9 Å². The van der Waals surface area contributed by atoms with E-state index in [4.69, 9.17) is 0 Å². The summed E-state index contributed by atoms with van der Waals surface area (Å²) >= 11 is 0. The zero-order chi connectivity index (χ0) is 18.2. The molecule has 1 aromatic carbocycles. The van der Waals surface area contributed by atoms with Gasteiger partial charge in [-0.15, -0.1) is 0 Å². The third-order valence-electron chi connectivity index (χ3n) is 4.47. The van der Waals surface area contributed by atoms with Crippen molar-refractivity contribution in [2.75, 3.05) is 32.5 Å². The lowest BCUT2D eigenvalue weighted by Gasteiger charge is -2.35. The number of nitrogens with one attached hydrogen (secondary N) is 2. The van der Waals surface area contributed by atoms with Gasteiger partial charge >= 0.3 is 6.03 Å². The lowest BCUT2D eigenvalue weighted by Crippen LogP contribution is -2.48. The molecule has 0 aliphatic carbocycles. The van der Waals surface area contributed by atoms with E-state index in [1.807, 2.05) is 48.2 Å². The highest BCUT2D eigenvalue weighted by Gasteiger charge is 2.24. The van der Waals surface area contributed by atoms with Crippen LogP contribution in [0.5, 0.6) is 0 Å². The zero-order valence-electron chi connectivity index (χ0n) is 15.5. The number of likely N-dealkylation sites (tertiary alicyclic amines) is 1. The first-order chi connectivity index (χ1) is 12.0. The van der Waals surface area contributed by atoms with Gasteiger partial charge in [-0.05, 0) is 57.5 Å². The highest BCUT2D eigenvalue weighted by molar-refractivity contribution is 5.92. The van der Waals surface area contributed by atoms with Gasteiger partial charge in [0.2, 0.25) is 5.91 Å². The molecule has 1 atom stereocenters. The zero-order valence-corrected chi connectivity index (χ0v) is 15.5. The minimum Gasteiger partial charge on any atom is -0.334 e. The van der Waals surface area contributed by atoms with Crippen LogP contribution in [-0.4, -0.2) is 55.0 Å². The summed E-state index contributed by atoms with van der Waals surface area (Å²) in [6, 6.07) is 7.97. The number of piperidine rings is 1. The minimum absolute atomic E-state index is 0.00796. The molecular formula is C19H30N4O2. The Balaban J connectivity index is 1.89. The Morgan fingerprint density at radius 1 is 1.28 bits per heavy atom. The Morgan fingerprint density at radius 3 is 2.80 bits per heavy atom. The van der Waals surface area contributed by atoms with Crippen LogP contribution in [0.3, 0.4) is 0 Å². The van der Waals surface area contributed by atoms with Gasteiger partial charge < -0.3 is 20.4 Å². The maximum atomic E-state index is 12.5. The fourth-order valence-electron chi connectivity index (χ4n) is 3.22. The number of amides is 3. The van der Waals surface area contributed by atoms with Crippen LogP contribution < -0.4 is 10.6 Å². The number of nitrogens with zero attached hydrogens (tertiary/aromatic N) is 2. The molecule has 1 aliphatic rings. The van der Waals surface area contributed by atoms with Gasteiger partial charge in [0.25, 0.3) is 0 Å². The molecular weight excluding hydrogens is 316 g/mol. The first kappa shape index (κ1) is 19.2. The molecule has 25 heavy (non-hydrogen) atoms. The van der Waals surface area contributed by atoms with E-state index >= 15 is 0 Å². The SMILES string of the molecule is CCC1CCCCN1C(=O)NCc1cccc(NC(=O)CN(C)C)c1. The van der Waals surface area contributed by atoms with Crippen LogP contribution in [0.4, 0.5) is 10.5 Å². The third kappa shape index (κ3) is 6.05. The number of urea groups is 1. The number of anilines is 1. The minimum atomic E-state index is -0.0507. The summed E-state index contributed by atoms with van der Waals surface area (Å²) in [6.45, 7) is 3.78. The molecule has 1 fully saturated rings. The van der Waals surface area contributed by atoms with E-state index in [0.717, 1.165) is 37.1 Å². The van der Waals surface area contributed by atoms with Crippen molar-refractivity contribution < 1.29 is 9.59 Å². The topological polar surface area (TPSA) is 64.7 Å². The van der Waals surface area contributed by atoms with Crippen LogP contribution in [0, 0.1) is 0 Å². The number of likely N-dealkylation sites (N-methyl/N-ethyl adjacent to an activating group) is 1. The number of carbonyl (C=O) groups excluding carboxylic acids is 2. The summed E-state index contributed by atoms with van der Waals surface area (Å²) in [7, 11) is 3.71. The molecule has 6 heteroatoms. The van der Waals surface area contributed by atoms with Gasteiger partial charge in [-0.1, -0.05) is 19.1 Å². The van der Waals surface area contributed by atoms with Gasteiger partial charge in [-0.25, -0.2) is 4.79 Å². The van der Waals surface area contributed by atoms with Crippen LogP contribution in [0.25, 0.3) is 0 Å². The van der Waals surface area contributed by atoms with E-state index in [2.05, 4.69) is 17.6 Å². The van der Waals surface area contributed by atoms with Crippen molar-refractivity contribution in [3.05, 3.63) is 29.8 Å². The van der Waals surface area contributed by atoms with Crippen LogP contribution in [0.1, 0.15) is 38.2 Å². The Bertz CT molecular complexity index is 589. The average molecular weight is 346 g/mol. The fraction of sp³-hybridized carbons (Fsp3) is 0.579. The predicted molar refractivity (Wildman–Crippen MR) is 100 cm³/mol. The largest absolute Gasteiger partial charge is 0.334 e. The highest BCUT2D eigenvalue weighted by atomic mass is 16.2. The predicted octanol–water partition coefficient (Wildman–Crippen LogP) is 2.66. The van der Waals surface area contributed by atoms with Crippen molar-refractivity contribution in [2.45, 2.75) is 45.2 Å². The van der Waals surface area contributed by atoms with E-state index in [1.54, 1.807) is 0 Å². The lowest BCUT2D eigenvalue weighted by atomic mass is 10.0. The number of benzene rings is 1. The van der Waals surface area contributed by atoms with E-state index in [0.29, 0.717) is 19.1 Å². The number of rotatable bonds is 6. The molecule has 6 nitrogen and oxygen atoms in total. The Labute approximate surface area is 150 Å². The van der Waals surface area contributed by atoms with Crippen molar-refractivity contribution in [3.63, 3.8) is 0 Å². The van der Waals surface area contributed by atoms with Crippen molar-refractivity contribution in [2.24, 2.45) is 0 Å². The molecule has 1 aromatic rings. The summed E-state index contributed by atoms with van der Waals surface area (Å²) in [5.74, 6) is -0.0507. The van der Waals surface area contributed by atoms with Crippen LogP contribution >= 0.6 is 0 Å². The fourth-order valence-corrected chi connectivity index (χ4v) is 3.22. The Hall–Kier alpha value is -2.08. The molecule has 0 aromatic heterocycles. The molecule has 0 spiro atoms. The van der Waals surface area contributed by atoms with Crippen LogP contribution in [0.15, 0.2) is 24.3 Å². The molecule has 0 bridgehead atoms. The average Bonchev–Trinajstić information content (AvgIpc) is 2.59. The molecule has 0 radical (unpaired) electrons. The number of hydrogen-bond donors (Lipinski definition) is 2. The second-order valence-corrected chi connectivity index (χ2v) is 6.90. The van der Waals surface area contributed by atoms with Gasteiger partial charge in [0.05, 0.1) is 6.54 Å². The standard InChI is InChI=1S/C19H30N4O2/c1-4-17-10-5-6-11-23(17)19(25)20-13-15-8-7-9-16(12-15)21-18(24)14-22(2)3/h7-9,12,17H,4-6,10-11,13-14H2,1-3H3,(H,20,25)(H,21,24). The highest BCUT2D eigenvalue weighted by Crippen LogP contribution is 2.19. The Kier molecular flexibility index (Phi) is 7.25. The molecule has 138 valence electrons. The third-order valence-corrected chi connectivity index (χ3v) is 4.47. The number of hydrogen-bond acceptors (Lipinski definition) is 3. The van der Waals surface area contributed by atoms with Gasteiger partial charge in [0.15, 0.2) is 0 Å². The first-order valence-corrected chi connectivity index (χ1v) is 9.07. The maximum absolute atomic E-state index is 12.5. The van der Waals surface area contributed by atoms with Crippen LogP contribution in [0.2, 0.25) is 0 Å². The van der Waals surface area contributed by atoms with E-state index in [9.17, 15) is 9.59 Å². The molecule has 2 rings (SSSR count). The second-order valence-electron chi connectivity index (χ2n) is 6.90. The summed E-state index contributed by atoms with van der Waals surface area (Å²) in [5, 5.41) is 5.89. The first-order valence-electron chi connectivity index (χ1n) is 9.07. The molecule has 1 aliphatic heterocycles. The molecule has 1 saturated heterocycles. The molecule has 0 saturated carbocycles. The van der Waals surface area contributed by atoms with Gasteiger partial charge in [0, 0.05) is 24.8 Å². The van der Waals surface area contributed by atoms with Crippen molar-refractivity contribution in [1.29, 1.82) is 0 Å². The summed E-state index contributed by atoms with van der Waals surface area (Å²) in [4.78, 5) is 28.1. The van der Waals surface area contributed by atoms with Crippen molar-refractivity contribution in [3.8, 4) is 0 Å². The van der Waals surface area contributed by atoms with Crippen molar-refractivity contribution >= 4 is 17.6 Å². The van der Waals surface area contributed by atoms with E-state index < -0.39 is 0 Å². The monoisotopic (exact) mass is 346 g/mol. The quantitative estimate of drug-likeness (QED) is 0.832. The molecule has 2 N–H and O–H groups in total. The normalized spacial score (nSPS) is 17.4. The molecule has 1 unspecified atom stereocenters. The molecule has 3 amide bonds. The maximum Gasteiger partial charge on any atom is 0.317 e. The second kappa shape index (κ2) is 9.42.